The lowest BCUT2D eigenvalue weighted by atomic mass is 9.96. The van der Waals surface area contributed by atoms with E-state index in [2.05, 4.69) is 5.32 Å². The normalized spacial score (nSPS) is 18.6. The molecule has 1 fully saturated rings. The van der Waals surface area contributed by atoms with Gasteiger partial charge < -0.3 is 16.0 Å². The van der Waals surface area contributed by atoms with Gasteiger partial charge in [0, 0.05) is 24.8 Å². The van der Waals surface area contributed by atoms with Gasteiger partial charge in [0.05, 0.1) is 11.5 Å². The van der Waals surface area contributed by atoms with Crippen LogP contribution in [0.1, 0.15) is 37.0 Å². The van der Waals surface area contributed by atoms with E-state index in [9.17, 15) is 9.59 Å². The Bertz CT molecular complexity index is 528. The average molecular weight is 289 g/mol. The summed E-state index contributed by atoms with van der Waals surface area (Å²) in [5.74, 6) is -0.585. The van der Waals surface area contributed by atoms with E-state index < -0.39 is 0 Å². The van der Waals surface area contributed by atoms with Gasteiger partial charge >= 0.3 is 0 Å². The second kappa shape index (κ2) is 6.61. The first-order valence-electron chi connectivity index (χ1n) is 7.43. The number of nitrogens with zero attached hydrogens (tertiary/aromatic N) is 1. The van der Waals surface area contributed by atoms with Gasteiger partial charge in [-0.2, -0.15) is 0 Å². The van der Waals surface area contributed by atoms with Crippen molar-refractivity contribution in [1.29, 1.82) is 0 Å². The molecule has 2 rings (SSSR count). The number of hydrogen-bond donors (Lipinski definition) is 2. The smallest absolute Gasteiger partial charge is 0.255 e. The number of carbonyl (C=O) groups excluding carboxylic acids is 2. The quantitative estimate of drug-likeness (QED) is 0.888. The predicted molar refractivity (Wildman–Crippen MR) is 83.0 cm³/mol. The number of nitrogens with one attached hydrogen (secondary N) is 1. The van der Waals surface area contributed by atoms with Crippen LogP contribution in [0.4, 0.5) is 5.69 Å². The third-order valence-corrected chi connectivity index (χ3v) is 3.71. The van der Waals surface area contributed by atoms with Gasteiger partial charge in [0.1, 0.15) is 0 Å². The highest BCUT2D eigenvalue weighted by Crippen LogP contribution is 2.22. The summed E-state index contributed by atoms with van der Waals surface area (Å²) in [6, 6.07) is 7.74. The molecule has 1 atom stereocenters. The highest BCUT2D eigenvalue weighted by Gasteiger charge is 2.28. The monoisotopic (exact) mass is 289 g/mol. The summed E-state index contributed by atoms with van der Waals surface area (Å²) in [5, 5.41) is 3.29. The van der Waals surface area contributed by atoms with Crippen LogP contribution in [0.25, 0.3) is 0 Å². The molecule has 1 aliphatic heterocycles. The lowest BCUT2D eigenvalue weighted by molar-refractivity contribution is -0.123. The number of primary amides is 1. The number of amides is 2. The zero-order valence-corrected chi connectivity index (χ0v) is 12.6. The minimum absolute atomic E-state index is 0.0373. The van der Waals surface area contributed by atoms with Crippen LogP contribution in [-0.2, 0) is 4.79 Å². The summed E-state index contributed by atoms with van der Waals surface area (Å²) in [6.45, 7) is 5.17. The Morgan fingerprint density at radius 3 is 2.71 bits per heavy atom. The van der Waals surface area contributed by atoms with Crippen molar-refractivity contribution in [2.24, 2.45) is 11.7 Å². The summed E-state index contributed by atoms with van der Waals surface area (Å²) in [6.07, 6.45) is 1.59. The number of nitrogens with two attached hydrogens (primary N) is 1. The molecule has 0 saturated carbocycles. The minimum Gasteiger partial charge on any atom is -0.382 e. The highest BCUT2D eigenvalue weighted by molar-refractivity contribution is 6.00. The predicted octanol–water partition coefficient (Wildman–Crippen LogP) is 1.84. The molecule has 1 unspecified atom stereocenters. The van der Waals surface area contributed by atoms with Gasteiger partial charge in [0.25, 0.3) is 5.91 Å². The molecule has 1 aliphatic rings. The third-order valence-electron chi connectivity index (χ3n) is 3.71. The average Bonchev–Trinajstić information content (AvgIpc) is 2.46. The zero-order valence-electron chi connectivity index (χ0n) is 12.6. The van der Waals surface area contributed by atoms with E-state index in [0.29, 0.717) is 18.7 Å². The Balaban J connectivity index is 2.18. The van der Waals surface area contributed by atoms with Crippen LogP contribution in [0.2, 0.25) is 0 Å². The molecule has 0 spiro atoms. The standard InChI is InChI=1S/C16H23N3O2/c1-11(2)18-14-8-4-3-7-13(14)16(21)19-9-5-6-12(10-19)15(17)20/h3-4,7-8,11-12,18H,5-6,9-10H2,1-2H3,(H2,17,20). The number of likely N-dealkylation sites (tertiary alicyclic amines) is 1. The highest BCUT2D eigenvalue weighted by atomic mass is 16.2. The second-order valence-electron chi connectivity index (χ2n) is 5.84. The number of piperidine rings is 1. The molecule has 114 valence electrons. The number of hydrogen-bond acceptors (Lipinski definition) is 3. The van der Waals surface area contributed by atoms with E-state index in [0.717, 1.165) is 18.5 Å². The third kappa shape index (κ3) is 3.74. The Labute approximate surface area is 125 Å². The van der Waals surface area contributed by atoms with E-state index in [1.807, 2.05) is 38.1 Å². The molecule has 1 heterocycles. The van der Waals surface area contributed by atoms with Gasteiger partial charge in [0.2, 0.25) is 5.91 Å². The van der Waals surface area contributed by atoms with Gasteiger partial charge in [-0.3, -0.25) is 9.59 Å². The van der Waals surface area contributed by atoms with Crippen molar-refractivity contribution in [2.75, 3.05) is 18.4 Å². The maximum absolute atomic E-state index is 12.7. The van der Waals surface area contributed by atoms with E-state index >= 15 is 0 Å². The fourth-order valence-electron chi connectivity index (χ4n) is 2.67. The fraction of sp³-hybridized carbons (Fsp3) is 0.500. The lowest BCUT2D eigenvalue weighted by Gasteiger charge is -2.31. The first kappa shape index (κ1) is 15.4. The SMILES string of the molecule is CC(C)Nc1ccccc1C(=O)N1CCCC(C(N)=O)C1. The minimum atomic E-state index is -0.318. The summed E-state index contributed by atoms with van der Waals surface area (Å²) < 4.78 is 0. The first-order chi connectivity index (χ1) is 9.99. The molecule has 1 aromatic rings. The summed E-state index contributed by atoms with van der Waals surface area (Å²) in [5.41, 5.74) is 6.86. The van der Waals surface area contributed by atoms with Crippen molar-refractivity contribution in [2.45, 2.75) is 32.7 Å². The van der Waals surface area contributed by atoms with Crippen LogP contribution in [-0.4, -0.2) is 35.8 Å². The van der Waals surface area contributed by atoms with E-state index in [-0.39, 0.29) is 23.8 Å². The molecular formula is C16H23N3O2. The molecule has 3 N–H and O–H groups in total. The molecule has 0 bridgehead atoms. The summed E-state index contributed by atoms with van der Waals surface area (Å²) >= 11 is 0. The van der Waals surface area contributed by atoms with Crippen molar-refractivity contribution in [3.8, 4) is 0 Å². The van der Waals surface area contributed by atoms with Gasteiger partial charge in [-0.15, -0.1) is 0 Å². The molecule has 1 saturated heterocycles. The zero-order chi connectivity index (χ0) is 15.4. The van der Waals surface area contributed by atoms with E-state index in [1.54, 1.807) is 4.90 Å². The van der Waals surface area contributed by atoms with Crippen LogP contribution in [0.5, 0.6) is 0 Å². The maximum Gasteiger partial charge on any atom is 0.255 e. The summed E-state index contributed by atoms with van der Waals surface area (Å²) in [4.78, 5) is 25.8. The molecule has 5 nitrogen and oxygen atoms in total. The number of anilines is 1. The first-order valence-corrected chi connectivity index (χ1v) is 7.43. The second-order valence-corrected chi connectivity index (χ2v) is 5.84. The number of benzene rings is 1. The molecule has 0 radical (unpaired) electrons. The topological polar surface area (TPSA) is 75.4 Å². The van der Waals surface area contributed by atoms with Crippen LogP contribution in [0.3, 0.4) is 0 Å². The van der Waals surface area contributed by atoms with Crippen molar-refractivity contribution < 1.29 is 9.59 Å². The van der Waals surface area contributed by atoms with E-state index in [4.69, 9.17) is 5.73 Å². The van der Waals surface area contributed by atoms with Crippen molar-refractivity contribution in [3.63, 3.8) is 0 Å². The maximum atomic E-state index is 12.7. The van der Waals surface area contributed by atoms with Crippen LogP contribution >= 0.6 is 0 Å². The Kier molecular flexibility index (Phi) is 4.83. The number of rotatable bonds is 4. The molecule has 5 heteroatoms. The lowest BCUT2D eigenvalue weighted by Crippen LogP contribution is -2.44. The number of carbonyl (C=O) groups is 2. The molecule has 0 aromatic heterocycles. The van der Waals surface area contributed by atoms with Crippen LogP contribution < -0.4 is 11.1 Å². The summed E-state index contributed by atoms with van der Waals surface area (Å²) in [7, 11) is 0. The fourth-order valence-corrected chi connectivity index (χ4v) is 2.67. The molecular weight excluding hydrogens is 266 g/mol. The van der Waals surface area contributed by atoms with Crippen LogP contribution in [0, 0.1) is 5.92 Å². The largest absolute Gasteiger partial charge is 0.382 e. The van der Waals surface area contributed by atoms with Gasteiger partial charge in [-0.05, 0) is 38.8 Å². The van der Waals surface area contributed by atoms with E-state index in [1.165, 1.54) is 0 Å². The molecule has 2 amide bonds. The Morgan fingerprint density at radius 1 is 1.33 bits per heavy atom. The van der Waals surface area contributed by atoms with Gasteiger partial charge in [-0.1, -0.05) is 12.1 Å². The van der Waals surface area contributed by atoms with Crippen molar-refractivity contribution >= 4 is 17.5 Å². The number of para-hydroxylation sites is 1. The van der Waals surface area contributed by atoms with Crippen molar-refractivity contribution in [1.82, 2.24) is 4.90 Å². The van der Waals surface area contributed by atoms with Crippen LogP contribution in [0.15, 0.2) is 24.3 Å². The Hall–Kier alpha value is -2.04. The van der Waals surface area contributed by atoms with Crippen molar-refractivity contribution in [3.05, 3.63) is 29.8 Å². The molecule has 21 heavy (non-hydrogen) atoms. The molecule has 1 aromatic carbocycles. The van der Waals surface area contributed by atoms with Gasteiger partial charge in [0.15, 0.2) is 0 Å². The Morgan fingerprint density at radius 2 is 2.05 bits per heavy atom. The van der Waals surface area contributed by atoms with Gasteiger partial charge in [-0.25, -0.2) is 0 Å². The molecule has 0 aliphatic carbocycles.